The first kappa shape index (κ1) is 14.1. The quantitative estimate of drug-likeness (QED) is 0.625. The number of benzene rings is 2. The lowest BCUT2D eigenvalue weighted by atomic mass is 10.1. The van der Waals surface area contributed by atoms with Crippen molar-refractivity contribution < 1.29 is 4.79 Å². The summed E-state index contributed by atoms with van der Waals surface area (Å²) < 4.78 is 0. The number of carbonyl (C=O) groups excluding carboxylic acids is 1. The third-order valence-corrected chi connectivity index (χ3v) is 4.48. The number of aromatic nitrogens is 1. The number of halogens is 1. The molecular formula is C17H12ClNOS. The minimum absolute atomic E-state index is 0.605. The maximum Gasteiger partial charge on any atom is 0.152 e. The maximum atomic E-state index is 11.3. The van der Waals surface area contributed by atoms with Gasteiger partial charge in [0.2, 0.25) is 0 Å². The molecule has 0 radical (unpaired) electrons. The van der Waals surface area contributed by atoms with E-state index in [9.17, 15) is 4.79 Å². The average molecular weight is 314 g/mol. The number of carbonyl (C=O) groups is 1. The van der Waals surface area contributed by atoms with Crippen LogP contribution in [0.2, 0.25) is 5.02 Å². The van der Waals surface area contributed by atoms with Crippen LogP contribution in [0.5, 0.6) is 0 Å². The third kappa shape index (κ3) is 2.94. The van der Waals surface area contributed by atoms with Gasteiger partial charge in [-0.1, -0.05) is 41.6 Å². The molecule has 0 saturated carbocycles. The molecule has 0 saturated heterocycles. The van der Waals surface area contributed by atoms with Crippen LogP contribution in [-0.4, -0.2) is 11.3 Å². The van der Waals surface area contributed by atoms with Gasteiger partial charge in [-0.05, 0) is 42.8 Å². The number of nitrogens with zero attached hydrogens (tertiary/aromatic N) is 1. The van der Waals surface area contributed by atoms with Gasteiger partial charge in [0.05, 0.1) is 5.52 Å². The van der Waals surface area contributed by atoms with E-state index in [1.54, 1.807) is 0 Å². The number of aryl methyl sites for hydroxylation is 1. The summed E-state index contributed by atoms with van der Waals surface area (Å²) in [5, 5.41) is 2.39. The van der Waals surface area contributed by atoms with Crippen LogP contribution in [0.25, 0.3) is 10.9 Å². The summed E-state index contributed by atoms with van der Waals surface area (Å²) in [6.07, 6.45) is 0.854. The Hall–Kier alpha value is -1.84. The molecule has 0 spiro atoms. The molecule has 1 aromatic heterocycles. The van der Waals surface area contributed by atoms with Crippen molar-refractivity contribution >= 4 is 40.6 Å². The van der Waals surface area contributed by atoms with E-state index in [0.717, 1.165) is 27.6 Å². The fourth-order valence-corrected chi connectivity index (χ4v) is 3.11. The first-order valence-corrected chi connectivity index (χ1v) is 7.66. The molecule has 3 rings (SSSR count). The van der Waals surface area contributed by atoms with Crippen LogP contribution < -0.4 is 0 Å². The van der Waals surface area contributed by atoms with Gasteiger partial charge in [0, 0.05) is 20.9 Å². The number of rotatable bonds is 3. The zero-order valence-electron chi connectivity index (χ0n) is 11.3. The zero-order chi connectivity index (χ0) is 14.8. The van der Waals surface area contributed by atoms with Gasteiger partial charge in [0.25, 0.3) is 0 Å². The Morgan fingerprint density at radius 3 is 2.62 bits per heavy atom. The van der Waals surface area contributed by atoms with Crippen molar-refractivity contribution in [2.45, 2.75) is 16.8 Å². The van der Waals surface area contributed by atoms with Gasteiger partial charge in [0.1, 0.15) is 5.03 Å². The smallest absolute Gasteiger partial charge is 0.152 e. The van der Waals surface area contributed by atoms with Crippen molar-refractivity contribution in [2.24, 2.45) is 0 Å². The minimum atomic E-state index is 0.605. The lowest BCUT2D eigenvalue weighted by Gasteiger charge is -2.08. The van der Waals surface area contributed by atoms with Gasteiger partial charge in [-0.2, -0.15) is 0 Å². The highest BCUT2D eigenvalue weighted by Crippen LogP contribution is 2.31. The molecule has 0 amide bonds. The van der Waals surface area contributed by atoms with Crippen LogP contribution in [-0.2, 0) is 0 Å². The summed E-state index contributed by atoms with van der Waals surface area (Å²) in [6.45, 7) is 2.02. The Balaban J connectivity index is 2.09. The topological polar surface area (TPSA) is 30.0 Å². The summed E-state index contributed by atoms with van der Waals surface area (Å²) in [6, 6.07) is 15.4. The van der Waals surface area contributed by atoms with Crippen molar-refractivity contribution in [2.75, 3.05) is 0 Å². The zero-order valence-corrected chi connectivity index (χ0v) is 12.9. The van der Waals surface area contributed by atoms with Crippen molar-refractivity contribution in [1.82, 2.24) is 4.98 Å². The first-order valence-electron chi connectivity index (χ1n) is 6.46. The summed E-state index contributed by atoms with van der Waals surface area (Å²) in [5.74, 6) is 0. The lowest BCUT2D eigenvalue weighted by Crippen LogP contribution is -1.93. The second-order valence-corrected chi connectivity index (χ2v) is 6.20. The monoisotopic (exact) mass is 313 g/mol. The van der Waals surface area contributed by atoms with Gasteiger partial charge in [0.15, 0.2) is 6.29 Å². The molecule has 0 aliphatic heterocycles. The molecule has 0 atom stereocenters. The molecule has 0 bridgehead atoms. The van der Waals surface area contributed by atoms with Crippen molar-refractivity contribution in [3.8, 4) is 0 Å². The van der Waals surface area contributed by atoms with Crippen molar-refractivity contribution in [1.29, 1.82) is 0 Å². The van der Waals surface area contributed by atoms with E-state index in [1.165, 1.54) is 11.8 Å². The Morgan fingerprint density at radius 1 is 1.14 bits per heavy atom. The highest BCUT2D eigenvalue weighted by atomic mass is 35.5. The first-order chi connectivity index (χ1) is 10.2. The Bertz CT molecular complexity index is 815. The van der Waals surface area contributed by atoms with E-state index in [0.29, 0.717) is 15.6 Å². The van der Waals surface area contributed by atoms with Gasteiger partial charge in [-0.3, -0.25) is 4.79 Å². The highest BCUT2D eigenvalue weighted by Gasteiger charge is 2.09. The third-order valence-electron chi connectivity index (χ3n) is 3.20. The molecule has 3 aromatic rings. The molecule has 2 nitrogen and oxygen atoms in total. The lowest BCUT2D eigenvalue weighted by molar-refractivity contribution is 0.112. The molecule has 0 N–H and O–H groups in total. The second-order valence-electron chi connectivity index (χ2n) is 4.70. The van der Waals surface area contributed by atoms with Crippen molar-refractivity contribution in [3.05, 3.63) is 64.7 Å². The number of hydrogen-bond acceptors (Lipinski definition) is 3. The number of hydrogen-bond donors (Lipinski definition) is 0. The summed E-state index contributed by atoms with van der Waals surface area (Å²) >= 11 is 7.36. The number of aldehydes is 1. The van der Waals surface area contributed by atoms with Gasteiger partial charge in [-0.25, -0.2) is 4.98 Å². The van der Waals surface area contributed by atoms with E-state index in [4.69, 9.17) is 11.6 Å². The molecule has 104 valence electrons. The molecule has 0 aliphatic rings. The van der Waals surface area contributed by atoms with E-state index in [1.807, 2.05) is 55.5 Å². The van der Waals surface area contributed by atoms with Crippen LogP contribution >= 0.6 is 23.4 Å². The number of pyridine rings is 1. The summed E-state index contributed by atoms with van der Waals surface area (Å²) in [7, 11) is 0. The van der Waals surface area contributed by atoms with Crippen LogP contribution in [0.1, 0.15) is 15.9 Å². The average Bonchev–Trinajstić information content (AvgIpc) is 2.50. The highest BCUT2D eigenvalue weighted by molar-refractivity contribution is 7.99. The normalized spacial score (nSPS) is 10.8. The van der Waals surface area contributed by atoms with Crippen LogP contribution in [0.15, 0.2) is 58.5 Å². The molecule has 0 aliphatic carbocycles. The van der Waals surface area contributed by atoms with Crippen LogP contribution in [0, 0.1) is 6.92 Å². The van der Waals surface area contributed by atoms with E-state index < -0.39 is 0 Å². The Kier molecular flexibility index (Phi) is 3.95. The number of fused-ring (bicyclic) bond motifs is 1. The SMILES string of the molecule is Cc1cccc2cc(C=O)c(Sc3ccc(Cl)cc3)nc12. The molecule has 0 fully saturated rings. The molecule has 4 heteroatoms. The van der Waals surface area contributed by atoms with Crippen molar-refractivity contribution in [3.63, 3.8) is 0 Å². The van der Waals surface area contributed by atoms with Crippen LogP contribution in [0.4, 0.5) is 0 Å². The second kappa shape index (κ2) is 5.88. The van der Waals surface area contributed by atoms with Gasteiger partial charge < -0.3 is 0 Å². The maximum absolute atomic E-state index is 11.3. The standard InChI is InChI=1S/C17H12ClNOS/c1-11-3-2-4-12-9-13(10-20)17(19-16(11)12)21-15-7-5-14(18)6-8-15/h2-10H,1H3. The fourth-order valence-electron chi connectivity index (χ4n) is 2.13. The summed E-state index contributed by atoms with van der Waals surface area (Å²) in [5.41, 5.74) is 2.63. The predicted octanol–water partition coefficient (Wildman–Crippen LogP) is 5.16. The van der Waals surface area contributed by atoms with Gasteiger partial charge in [-0.15, -0.1) is 0 Å². The molecule has 0 unspecified atom stereocenters. The Labute approximate surface area is 132 Å². The molecule has 2 aromatic carbocycles. The predicted molar refractivity (Wildman–Crippen MR) is 87.4 cm³/mol. The Morgan fingerprint density at radius 2 is 1.90 bits per heavy atom. The fraction of sp³-hybridized carbons (Fsp3) is 0.0588. The van der Waals surface area contributed by atoms with E-state index in [-0.39, 0.29) is 0 Å². The number of para-hydroxylation sites is 1. The van der Waals surface area contributed by atoms with Crippen LogP contribution in [0.3, 0.4) is 0 Å². The summed E-state index contributed by atoms with van der Waals surface area (Å²) in [4.78, 5) is 17.0. The van der Waals surface area contributed by atoms with Gasteiger partial charge >= 0.3 is 0 Å². The minimum Gasteiger partial charge on any atom is -0.298 e. The molecular weight excluding hydrogens is 302 g/mol. The molecule has 1 heterocycles. The van der Waals surface area contributed by atoms with E-state index in [2.05, 4.69) is 4.98 Å². The largest absolute Gasteiger partial charge is 0.298 e. The molecule has 21 heavy (non-hydrogen) atoms. The van der Waals surface area contributed by atoms with E-state index >= 15 is 0 Å².